The standard InChI is InChI=1S/C19H19N5O5S/c1-11-16-17(19(26)24(18(16)25)15(21)4-5-20)13-10-12(2-3-14(13)22-11)30(27,28)23-6-8-29-9-7-23/h2-5,10,20H,6-9,21H2,1H3/b15-4+,20-5?. The van der Waals surface area contributed by atoms with E-state index in [1.165, 1.54) is 22.5 Å². The maximum absolute atomic E-state index is 13.1. The van der Waals surface area contributed by atoms with Gasteiger partial charge < -0.3 is 15.9 Å². The molecular formula is C19H19N5O5S. The average molecular weight is 429 g/mol. The van der Waals surface area contributed by atoms with Crippen LogP contribution in [-0.4, -0.2) is 66.9 Å². The molecule has 30 heavy (non-hydrogen) atoms. The zero-order chi connectivity index (χ0) is 21.6. The predicted molar refractivity (Wildman–Crippen MR) is 108 cm³/mol. The first kappa shape index (κ1) is 20.1. The summed E-state index contributed by atoms with van der Waals surface area (Å²) in [4.78, 5) is 31.1. The van der Waals surface area contributed by atoms with Crippen LogP contribution in [-0.2, 0) is 14.8 Å². The Bertz CT molecular complexity index is 1230. The highest BCUT2D eigenvalue weighted by atomic mass is 32.2. The molecule has 4 rings (SSSR count). The summed E-state index contributed by atoms with van der Waals surface area (Å²) >= 11 is 0. The van der Waals surface area contributed by atoms with E-state index in [4.69, 9.17) is 15.9 Å². The number of hydrogen-bond acceptors (Lipinski definition) is 8. The first-order chi connectivity index (χ1) is 14.3. The van der Waals surface area contributed by atoms with Crippen molar-refractivity contribution >= 4 is 39.0 Å². The molecule has 0 bridgehead atoms. The molecule has 1 fully saturated rings. The fourth-order valence-electron chi connectivity index (χ4n) is 3.66. The number of fused-ring (bicyclic) bond motifs is 3. The van der Waals surface area contributed by atoms with Crippen LogP contribution in [0, 0.1) is 12.3 Å². The van der Waals surface area contributed by atoms with Crippen LogP contribution >= 0.6 is 0 Å². The van der Waals surface area contributed by atoms with Crippen molar-refractivity contribution in [3.8, 4) is 0 Å². The van der Waals surface area contributed by atoms with Crippen LogP contribution < -0.4 is 5.73 Å². The van der Waals surface area contributed by atoms with E-state index >= 15 is 0 Å². The van der Waals surface area contributed by atoms with Crippen LogP contribution in [0.25, 0.3) is 10.9 Å². The molecule has 0 unspecified atom stereocenters. The molecule has 0 radical (unpaired) electrons. The number of benzene rings is 1. The van der Waals surface area contributed by atoms with Crippen molar-refractivity contribution in [2.45, 2.75) is 11.8 Å². The number of nitrogens with two attached hydrogens (primary N) is 1. The van der Waals surface area contributed by atoms with Gasteiger partial charge in [0.2, 0.25) is 10.0 Å². The fourth-order valence-corrected chi connectivity index (χ4v) is 5.09. The molecule has 3 N–H and O–H groups in total. The van der Waals surface area contributed by atoms with E-state index < -0.39 is 21.8 Å². The van der Waals surface area contributed by atoms with Gasteiger partial charge in [-0.05, 0) is 31.2 Å². The number of amides is 2. The number of nitrogens with zero attached hydrogens (tertiary/aromatic N) is 3. The van der Waals surface area contributed by atoms with Crippen LogP contribution in [0.1, 0.15) is 26.4 Å². The molecule has 2 aliphatic rings. The average Bonchev–Trinajstić information content (AvgIpc) is 3.00. The SMILES string of the molecule is Cc1nc2ccc(S(=O)(=O)N3CCOCC3)cc2c2c1C(=O)N(/C(N)=C/C=N)C2=O. The van der Waals surface area contributed by atoms with Crippen molar-refractivity contribution < 1.29 is 22.7 Å². The molecule has 10 nitrogen and oxygen atoms in total. The number of sulfonamides is 1. The molecule has 1 aromatic heterocycles. The number of rotatable bonds is 4. The third-order valence-corrected chi connectivity index (χ3v) is 6.99. The largest absolute Gasteiger partial charge is 0.385 e. The lowest BCUT2D eigenvalue weighted by atomic mass is 10.0. The van der Waals surface area contributed by atoms with E-state index in [0.717, 1.165) is 17.2 Å². The molecule has 0 saturated carbocycles. The van der Waals surface area contributed by atoms with Crippen LogP contribution in [0.4, 0.5) is 0 Å². The number of pyridine rings is 1. The third-order valence-electron chi connectivity index (χ3n) is 5.09. The summed E-state index contributed by atoms with van der Waals surface area (Å²) < 4.78 is 32.6. The number of ether oxygens (including phenoxy) is 1. The van der Waals surface area contributed by atoms with Crippen molar-refractivity contribution in [1.82, 2.24) is 14.2 Å². The Kier molecular flexibility index (Phi) is 4.88. The minimum atomic E-state index is -3.80. The summed E-state index contributed by atoms with van der Waals surface area (Å²) in [7, 11) is -3.80. The van der Waals surface area contributed by atoms with Crippen LogP contribution in [0.15, 0.2) is 35.0 Å². The number of imide groups is 1. The van der Waals surface area contributed by atoms with Gasteiger partial charge in [0.25, 0.3) is 11.8 Å². The molecule has 2 aromatic rings. The van der Waals surface area contributed by atoms with E-state index in [9.17, 15) is 18.0 Å². The molecule has 11 heteroatoms. The summed E-state index contributed by atoms with van der Waals surface area (Å²) in [5.74, 6) is -1.53. The molecule has 2 aliphatic heterocycles. The lowest BCUT2D eigenvalue weighted by Crippen LogP contribution is -2.40. The van der Waals surface area contributed by atoms with Gasteiger partial charge in [0.1, 0.15) is 5.82 Å². The van der Waals surface area contributed by atoms with Crippen molar-refractivity contribution in [1.29, 1.82) is 5.41 Å². The number of hydrogen-bond donors (Lipinski definition) is 2. The van der Waals surface area contributed by atoms with Gasteiger partial charge in [-0.15, -0.1) is 0 Å². The summed E-state index contributed by atoms with van der Waals surface area (Å²) in [6.07, 6.45) is 2.00. The van der Waals surface area contributed by atoms with E-state index in [-0.39, 0.29) is 40.3 Å². The Balaban J connectivity index is 1.90. The normalized spacial score (nSPS) is 18.2. The topological polar surface area (TPSA) is 147 Å². The molecular weight excluding hydrogens is 410 g/mol. The second kappa shape index (κ2) is 7.27. The van der Waals surface area contributed by atoms with E-state index in [2.05, 4.69) is 4.98 Å². The van der Waals surface area contributed by atoms with Gasteiger partial charge in [-0.3, -0.25) is 14.6 Å². The highest BCUT2D eigenvalue weighted by Gasteiger charge is 2.41. The second-order valence-corrected chi connectivity index (χ2v) is 8.78. The number of carbonyl (C=O) groups excluding carboxylic acids is 2. The number of carbonyl (C=O) groups is 2. The molecule has 156 valence electrons. The molecule has 0 atom stereocenters. The number of nitrogens with one attached hydrogen (secondary N) is 1. The minimum Gasteiger partial charge on any atom is -0.385 e. The van der Waals surface area contributed by atoms with Crippen molar-refractivity contribution in [3.05, 3.63) is 46.9 Å². The van der Waals surface area contributed by atoms with Gasteiger partial charge in [0.15, 0.2) is 0 Å². The van der Waals surface area contributed by atoms with Crippen LogP contribution in [0.2, 0.25) is 0 Å². The smallest absolute Gasteiger partial charge is 0.269 e. The Labute approximate surface area is 172 Å². The maximum atomic E-state index is 13.1. The monoisotopic (exact) mass is 429 g/mol. The number of morpholine rings is 1. The summed E-state index contributed by atoms with van der Waals surface area (Å²) in [5, 5.41) is 7.39. The molecule has 1 aromatic carbocycles. The second-order valence-electron chi connectivity index (χ2n) is 6.85. The maximum Gasteiger partial charge on any atom is 0.269 e. The van der Waals surface area contributed by atoms with Crippen molar-refractivity contribution in [3.63, 3.8) is 0 Å². The lowest BCUT2D eigenvalue weighted by Gasteiger charge is -2.26. The Hall–Kier alpha value is -3.15. The number of aromatic nitrogens is 1. The zero-order valence-electron chi connectivity index (χ0n) is 16.1. The third kappa shape index (κ3) is 2.98. The van der Waals surface area contributed by atoms with Crippen molar-refractivity contribution in [2.24, 2.45) is 5.73 Å². The van der Waals surface area contributed by atoms with E-state index in [1.807, 2.05) is 0 Å². The Morgan fingerprint density at radius 1 is 1.20 bits per heavy atom. The highest BCUT2D eigenvalue weighted by molar-refractivity contribution is 7.89. The van der Waals surface area contributed by atoms with Gasteiger partial charge >= 0.3 is 0 Å². The van der Waals surface area contributed by atoms with Crippen LogP contribution in [0.3, 0.4) is 0 Å². The Morgan fingerprint density at radius 3 is 2.53 bits per heavy atom. The summed E-state index contributed by atoms with van der Waals surface area (Å²) in [5.41, 5.74) is 6.67. The molecule has 1 saturated heterocycles. The summed E-state index contributed by atoms with van der Waals surface area (Å²) in [6, 6.07) is 4.33. The van der Waals surface area contributed by atoms with Gasteiger partial charge in [-0.2, -0.15) is 4.31 Å². The molecule has 3 heterocycles. The fraction of sp³-hybridized carbons (Fsp3) is 0.263. The molecule has 0 spiro atoms. The number of aryl methyl sites for hydroxylation is 1. The quantitative estimate of drug-likeness (QED) is 0.534. The zero-order valence-corrected chi connectivity index (χ0v) is 16.9. The predicted octanol–water partition coefficient (Wildman–Crippen LogP) is 0.610. The van der Waals surface area contributed by atoms with Gasteiger partial charge in [0, 0.05) is 24.7 Å². The first-order valence-corrected chi connectivity index (χ1v) is 10.6. The van der Waals surface area contributed by atoms with E-state index in [0.29, 0.717) is 24.4 Å². The number of allylic oxidation sites excluding steroid dienone is 1. The Morgan fingerprint density at radius 2 is 1.87 bits per heavy atom. The highest BCUT2D eigenvalue weighted by Crippen LogP contribution is 2.34. The molecule has 0 aliphatic carbocycles. The van der Waals surface area contributed by atoms with Crippen molar-refractivity contribution in [2.75, 3.05) is 26.3 Å². The van der Waals surface area contributed by atoms with Gasteiger partial charge in [-0.25, -0.2) is 13.3 Å². The van der Waals surface area contributed by atoms with Gasteiger partial charge in [-0.1, -0.05) is 0 Å². The van der Waals surface area contributed by atoms with Crippen LogP contribution in [0.5, 0.6) is 0 Å². The lowest BCUT2D eigenvalue weighted by molar-refractivity contribution is 0.0703. The first-order valence-electron chi connectivity index (χ1n) is 9.14. The van der Waals surface area contributed by atoms with E-state index in [1.54, 1.807) is 6.92 Å². The minimum absolute atomic E-state index is 0.00598. The van der Waals surface area contributed by atoms with Gasteiger partial charge in [0.05, 0.1) is 40.4 Å². The molecule has 2 amide bonds. The summed E-state index contributed by atoms with van der Waals surface area (Å²) in [6.45, 7) is 2.69.